The zero-order valence-corrected chi connectivity index (χ0v) is 14.4. The van der Waals surface area contributed by atoms with Gasteiger partial charge in [-0.1, -0.05) is 29.3 Å². The molecule has 0 unspecified atom stereocenters. The van der Waals surface area contributed by atoms with Crippen LogP contribution in [0, 0.1) is 6.92 Å². The Balaban J connectivity index is 1.56. The van der Waals surface area contributed by atoms with Gasteiger partial charge in [0.25, 0.3) is 5.91 Å². The van der Waals surface area contributed by atoms with Crippen LogP contribution in [-0.4, -0.2) is 21.9 Å². The average molecular weight is 364 g/mol. The maximum absolute atomic E-state index is 11.9. The highest BCUT2D eigenvalue weighted by molar-refractivity contribution is 6.35. The molecule has 2 aromatic heterocycles. The Morgan fingerprint density at radius 2 is 2.12 bits per heavy atom. The van der Waals surface area contributed by atoms with Crippen molar-refractivity contribution in [1.82, 2.24) is 14.7 Å². The van der Waals surface area contributed by atoms with Gasteiger partial charge in [-0.05, 0) is 37.3 Å². The number of nitrogens with zero attached hydrogens (tertiary/aromatic N) is 2. The van der Waals surface area contributed by atoms with Gasteiger partial charge in [0.2, 0.25) is 0 Å². The van der Waals surface area contributed by atoms with Crippen molar-refractivity contribution in [2.75, 3.05) is 6.61 Å². The van der Waals surface area contributed by atoms with Crippen LogP contribution in [0.3, 0.4) is 0 Å². The van der Waals surface area contributed by atoms with Crippen LogP contribution in [0.2, 0.25) is 10.0 Å². The number of aryl methyl sites for hydroxylation is 1. The Labute approximate surface area is 149 Å². The van der Waals surface area contributed by atoms with Crippen molar-refractivity contribution in [3.8, 4) is 5.75 Å². The van der Waals surface area contributed by atoms with Crippen molar-refractivity contribution >= 4 is 34.8 Å². The van der Waals surface area contributed by atoms with E-state index < -0.39 is 0 Å². The lowest BCUT2D eigenvalue weighted by Crippen LogP contribution is -2.28. The zero-order valence-electron chi connectivity index (χ0n) is 12.9. The molecule has 7 heteroatoms. The number of carbonyl (C=O) groups excluding carboxylic acids is 1. The molecule has 0 saturated carbocycles. The fourth-order valence-electron chi connectivity index (χ4n) is 2.26. The zero-order chi connectivity index (χ0) is 17.1. The molecule has 1 aromatic carbocycles. The first-order chi connectivity index (χ1) is 11.5. The molecule has 0 radical (unpaired) electrons. The predicted octanol–water partition coefficient (Wildman–Crippen LogP) is 3.64. The van der Waals surface area contributed by atoms with E-state index in [0.29, 0.717) is 22.3 Å². The van der Waals surface area contributed by atoms with Gasteiger partial charge in [-0.25, -0.2) is 4.98 Å². The van der Waals surface area contributed by atoms with Crippen LogP contribution in [0.25, 0.3) is 5.65 Å². The van der Waals surface area contributed by atoms with Crippen molar-refractivity contribution in [1.29, 1.82) is 0 Å². The summed E-state index contributed by atoms with van der Waals surface area (Å²) < 4.78 is 7.37. The van der Waals surface area contributed by atoms with Gasteiger partial charge in [-0.15, -0.1) is 0 Å². The lowest BCUT2D eigenvalue weighted by Gasteiger charge is -2.08. The van der Waals surface area contributed by atoms with Crippen molar-refractivity contribution < 1.29 is 9.53 Å². The molecule has 1 amide bonds. The van der Waals surface area contributed by atoms with Crippen molar-refractivity contribution in [3.63, 3.8) is 0 Å². The summed E-state index contributed by atoms with van der Waals surface area (Å²) in [6, 6.07) is 10.7. The highest BCUT2D eigenvalue weighted by Gasteiger charge is 2.08. The Morgan fingerprint density at radius 1 is 1.29 bits per heavy atom. The van der Waals surface area contributed by atoms with Crippen LogP contribution in [0.5, 0.6) is 5.75 Å². The maximum Gasteiger partial charge on any atom is 0.258 e. The number of aromatic nitrogens is 2. The summed E-state index contributed by atoms with van der Waals surface area (Å²) in [5.41, 5.74) is 2.71. The normalized spacial score (nSPS) is 10.8. The molecule has 124 valence electrons. The van der Waals surface area contributed by atoms with Crippen molar-refractivity contribution in [3.05, 3.63) is 64.0 Å². The highest BCUT2D eigenvalue weighted by Crippen LogP contribution is 2.27. The summed E-state index contributed by atoms with van der Waals surface area (Å²) >= 11 is 11.8. The number of hydrogen-bond donors (Lipinski definition) is 1. The number of benzene rings is 1. The number of pyridine rings is 1. The fourth-order valence-corrected chi connectivity index (χ4v) is 2.72. The third-order valence-corrected chi connectivity index (χ3v) is 4.00. The molecule has 3 aromatic rings. The van der Waals surface area contributed by atoms with E-state index in [1.165, 1.54) is 0 Å². The van der Waals surface area contributed by atoms with E-state index in [2.05, 4.69) is 10.3 Å². The maximum atomic E-state index is 11.9. The molecule has 5 nitrogen and oxygen atoms in total. The van der Waals surface area contributed by atoms with E-state index in [4.69, 9.17) is 27.9 Å². The van der Waals surface area contributed by atoms with Crippen LogP contribution < -0.4 is 10.1 Å². The van der Waals surface area contributed by atoms with E-state index in [1.807, 2.05) is 35.7 Å². The van der Waals surface area contributed by atoms with Crippen LogP contribution in [0.1, 0.15) is 11.4 Å². The van der Waals surface area contributed by atoms with E-state index in [1.54, 1.807) is 18.2 Å². The molecule has 1 N–H and O–H groups in total. The number of nitrogens with one attached hydrogen (secondary N) is 1. The second-order valence-electron chi connectivity index (χ2n) is 5.27. The first kappa shape index (κ1) is 16.6. The molecule has 0 aliphatic carbocycles. The van der Waals surface area contributed by atoms with Gasteiger partial charge in [0.15, 0.2) is 6.61 Å². The topological polar surface area (TPSA) is 55.6 Å². The fraction of sp³-hybridized carbons (Fsp3) is 0.176. The number of halogens is 2. The van der Waals surface area contributed by atoms with Crippen LogP contribution >= 0.6 is 23.2 Å². The minimum atomic E-state index is -0.255. The average Bonchev–Trinajstić information content (AvgIpc) is 2.97. The molecule has 0 aliphatic rings. The Bertz CT molecular complexity index is 893. The minimum Gasteiger partial charge on any atom is -0.482 e. The number of carbonyl (C=O) groups is 1. The molecule has 0 spiro atoms. The summed E-state index contributed by atoms with van der Waals surface area (Å²) in [7, 11) is 0. The number of imidazole rings is 1. The molecular formula is C17H15Cl2N3O2. The quantitative estimate of drug-likeness (QED) is 0.752. The summed E-state index contributed by atoms with van der Waals surface area (Å²) in [5, 5.41) is 3.65. The lowest BCUT2D eigenvalue weighted by molar-refractivity contribution is -0.123. The third-order valence-electron chi connectivity index (χ3n) is 3.47. The largest absolute Gasteiger partial charge is 0.482 e. The Kier molecular flexibility index (Phi) is 4.92. The predicted molar refractivity (Wildman–Crippen MR) is 93.7 cm³/mol. The van der Waals surface area contributed by atoms with Gasteiger partial charge in [0.05, 0.1) is 17.3 Å². The summed E-state index contributed by atoms with van der Waals surface area (Å²) in [6.07, 6.45) is 1.90. The molecule has 0 bridgehead atoms. The van der Waals surface area contributed by atoms with Crippen LogP contribution in [0.15, 0.2) is 42.6 Å². The first-order valence-electron chi connectivity index (χ1n) is 7.31. The monoisotopic (exact) mass is 363 g/mol. The van der Waals surface area contributed by atoms with Crippen molar-refractivity contribution in [2.45, 2.75) is 13.5 Å². The van der Waals surface area contributed by atoms with Gasteiger partial charge < -0.3 is 14.5 Å². The smallest absolute Gasteiger partial charge is 0.258 e. The molecule has 3 rings (SSSR count). The van der Waals surface area contributed by atoms with E-state index in [0.717, 1.165) is 17.0 Å². The molecule has 2 heterocycles. The van der Waals surface area contributed by atoms with E-state index >= 15 is 0 Å². The third kappa shape index (κ3) is 3.80. The second-order valence-corrected chi connectivity index (χ2v) is 6.11. The van der Waals surface area contributed by atoms with Gasteiger partial charge in [0.1, 0.15) is 11.4 Å². The van der Waals surface area contributed by atoms with Gasteiger partial charge in [0, 0.05) is 16.9 Å². The number of fused-ring (bicyclic) bond motifs is 1. The number of amides is 1. The molecular weight excluding hydrogens is 349 g/mol. The molecule has 0 aliphatic heterocycles. The molecule has 24 heavy (non-hydrogen) atoms. The van der Waals surface area contributed by atoms with Crippen LogP contribution in [-0.2, 0) is 11.3 Å². The van der Waals surface area contributed by atoms with E-state index in [-0.39, 0.29) is 12.5 Å². The number of hydrogen-bond acceptors (Lipinski definition) is 3. The first-order valence-corrected chi connectivity index (χ1v) is 8.06. The minimum absolute atomic E-state index is 0.131. The Hall–Kier alpha value is -2.24. The lowest BCUT2D eigenvalue weighted by atomic mass is 10.3. The molecule has 0 fully saturated rings. The SMILES string of the molecule is Cc1cccc2nc(CNC(=O)COc3ccc(Cl)cc3Cl)cn12. The van der Waals surface area contributed by atoms with Gasteiger partial charge in [-0.3, -0.25) is 4.79 Å². The number of ether oxygens (including phenoxy) is 1. The summed E-state index contributed by atoms with van der Waals surface area (Å²) in [4.78, 5) is 16.4. The Morgan fingerprint density at radius 3 is 2.88 bits per heavy atom. The van der Waals surface area contributed by atoms with Crippen LogP contribution in [0.4, 0.5) is 0 Å². The van der Waals surface area contributed by atoms with Gasteiger partial charge in [-0.2, -0.15) is 0 Å². The van der Waals surface area contributed by atoms with Gasteiger partial charge >= 0.3 is 0 Å². The second kappa shape index (κ2) is 7.11. The van der Waals surface area contributed by atoms with Crippen molar-refractivity contribution in [2.24, 2.45) is 0 Å². The summed E-state index contributed by atoms with van der Waals surface area (Å²) in [5.74, 6) is 0.161. The molecule has 0 atom stereocenters. The summed E-state index contributed by atoms with van der Waals surface area (Å²) in [6.45, 7) is 2.20. The highest BCUT2D eigenvalue weighted by atomic mass is 35.5. The van der Waals surface area contributed by atoms with E-state index in [9.17, 15) is 4.79 Å². The molecule has 0 saturated heterocycles. The standard InChI is InChI=1S/C17H15Cl2N3O2/c1-11-3-2-4-16-21-13(9-22(11)16)8-20-17(23)10-24-15-6-5-12(18)7-14(15)19/h2-7,9H,8,10H2,1H3,(H,20,23). The number of rotatable bonds is 5.